The SMILES string of the molecule is CC(C)C(CC(=O)O)(c1ccccc1)C(C)(C)N. The summed E-state index contributed by atoms with van der Waals surface area (Å²) in [6.07, 6.45) is 0.0399. The van der Waals surface area contributed by atoms with Crippen LogP contribution in [0.2, 0.25) is 0 Å². The summed E-state index contributed by atoms with van der Waals surface area (Å²) in [7, 11) is 0. The van der Waals surface area contributed by atoms with Crippen LogP contribution >= 0.6 is 0 Å². The van der Waals surface area contributed by atoms with Gasteiger partial charge in [0.2, 0.25) is 0 Å². The highest BCUT2D eigenvalue weighted by atomic mass is 16.4. The van der Waals surface area contributed by atoms with Crippen LogP contribution in [0.25, 0.3) is 0 Å². The number of aliphatic carboxylic acids is 1. The second-order valence-electron chi connectivity index (χ2n) is 5.78. The van der Waals surface area contributed by atoms with Crippen molar-refractivity contribution >= 4 is 5.97 Å². The van der Waals surface area contributed by atoms with Crippen LogP contribution in [0.1, 0.15) is 39.7 Å². The number of hydrogen-bond acceptors (Lipinski definition) is 2. The molecule has 0 aliphatic carbocycles. The van der Waals surface area contributed by atoms with Gasteiger partial charge in [-0.15, -0.1) is 0 Å². The van der Waals surface area contributed by atoms with Crippen molar-refractivity contribution in [3.05, 3.63) is 35.9 Å². The molecule has 0 heterocycles. The molecule has 1 rings (SSSR count). The number of carboxylic acid groups (broad SMARTS) is 1. The van der Waals surface area contributed by atoms with Crippen LogP contribution in [0.3, 0.4) is 0 Å². The first-order valence-electron chi connectivity index (χ1n) is 6.28. The molecule has 0 saturated carbocycles. The Bertz CT molecular complexity index is 406. The fourth-order valence-electron chi connectivity index (χ4n) is 2.96. The zero-order valence-corrected chi connectivity index (χ0v) is 11.6. The molecule has 0 radical (unpaired) electrons. The van der Waals surface area contributed by atoms with Crippen LogP contribution in [0.4, 0.5) is 0 Å². The van der Waals surface area contributed by atoms with Crippen LogP contribution in [0.15, 0.2) is 30.3 Å². The Morgan fingerprint density at radius 1 is 1.28 bits per heavy atom. The van der Waals surface area contributed by atoms with E-state index in [4.69, 9.17) is 5.73 Å². The van der Waals surface area contributed by atoms with E-state index in [1.54, 1.807) is 0 Å². The Kier molecular flexibility index (Phi) is 4.17. The minimum absolute atomic E-state index is 0.0399. The Balaban J connectivity index is 3.44. The fourth-order valence-corrected chi connectivity index (χ4v) is 2.96. The first-order chi connectivity index (χ1) is 8.22. The molecule has 1 unspecified atom stereocenters. The molecule has 3 nitrogen and oxygen atoms in total. The van der Waals surface area contributed by atoms with Gasteiger partial charge in [0.25, 0.3) is 0 Å². The number of benzene rings is 1. The molecule has 18 heavy (non-hydrogen) atoms. The fraction of sp³-hybridized carbons (Fsp3) is 0.533. The third-order valence-electron chi connectivity index (χ3n) is 3.85. The molecule has 0 spiro atoms. The molecule has 0 amide bonds. The van der Waals surface area contributed by atoms with Crippen LogP contribution in [-0.2, 0) is 10.2 Å². The maximum absolute atomic E-state index is 11.3. The maximum Gasteiger partial charge on any atom is 0.304 e. The van der Waals surface area contributed by atoms with Crippen molar-refractivity contribution in [2.24, 2.45) is 11.7 Å². The summed E-state index contributed by atoms with van der Waals surface area (Å²) in [6.45, 7) is 7.88. The molecule has 0 aliphatic heterocycles. The monoisotopic (exact) mass is 249 g/mol. The highest BCUT2D eigenvalue weighted by molar-refractivity contribution is 5.69. The van der Waals surface area contributed by atoms with Gasteiger partial charge in [0.15, 0.2) is 0 Å². The topological polar surface area (TPSA) is 63.3 Å². The van der Waals surface area contributed by atoms with Gasteiger partial charge in [0.05, 0.1) is 6.42 Å². The summed E-state index contributed by atoms with van der Waals surface area (Å²) in [5, 5.41) is 9.27. The number of nitrogens with two attached hydrogens (primary N) is 1. The lowest BCUT2D eigenvalue weighted by Gasteiger charge is -2.47. The smallest absolute Gasteiger partial charge is 0.304 e. The van der Waals surface area contributed by atoms with Crippen molar-refractivity contribution < 1.29 is 9.90 Å². The largest absolute Gasteiger partial charge is 0.481 e. The Hall–Kier alpha value is -1.35. The van der Waals surface area contributed by atoms with Crippen molar-refractivity contribution in [2.75, 3.05) is 0 Å². The molecule has 0 aliphatic rings. The van der Waals surface area contributed by atoms with E-state index in [1.807, 2.05) is 58.0 Å². The quantitative estimate of drug-likeness (QED) is 0.843. The molecular formula is C15H23NO2. The van der Waals surface area contributed by atoms with Gasteiger partial charge in [0.1, 0.15) is 0 Å². The summed E-state index contributed by atoms with van der Waals surface area (Å²) in [5.74, 6) is -0.679. The van der Waals surface area contributed by atoms with Gasteiger partial charge in [0, 0.05) is 11.0 Å². The van der Waals surface area contributed by atoms with Crippen molar-refractivity contribution in [2.45, 2.75) is 45.1 Å². The first kappa shape index (κ1) is 14.7. The van der Waals surface area contributed by atoms with Gasteiger partial charge in [-0.3, -0.25) is 4.79 Å². The Morgan fingerprint density at radius 2 is 1.78 bits per heavy atom. The summed E-state index contributed by atoms with van der Waals surface area (Å²) in [4.78, 5) is 11.3. The summed E-state index contributed by atoms with van der Waals surface area (Å²) in [6, 6.07) is 9.73. The predicted octanol–water partition coefficient (Wildman–Crippen LogP) is 2.79. The molecule has 0 fully saturated rings. The van der Waals surface area contributed by atoms with Crippen LogP contribution in [-0.4, -0.2) is 16.6 Å². The number of hydrogen-bond donors (Lipinski definition) is 2. The Morgan fingerprint density at radius 3 is 2.11 bits per heavy atom. The lowest BCUT2D eigenvalue weighted by Crippen LogP contribution is -2.58. The van der Waals surface area contributed by atoms with Gasteiger partial charge >= 0.3 is 5.97 Å². The van der Waals surface area contributed by atoms with Gasteiger partial charge in [-0.05, 0) is 25.3 Å². The minimum atomic E-state index is -0.814. The second-order valence-corrected chi connectivity index (χ2v) is 5.78. The summed E-state index contributed by atoms with van der Waals surface area (Å²) >= 11 is 0. The molecule has 100 valence electrons. The summed E-state index contributed by atoms with van der Waals surface area (Å²) < 4.78 is 0. The van der Waals surface area contributed by atoms with Crippen LogP contribution < -0.4 is 5.73 Å². The number of rotatable bonds is 5. The maximum atomic E-state index is 11.3. The molecule has 0 aromatic heterocycles. The predicted molar refractivity (Wildman–Crippen MR) is 73.5 cm³/mol. The molecule has 0 bridgehead atoms. The van der Waals surface area contributed by atoms with Gasteiger partial charge in [-0.25, -0.2) is 0 Å². The highest BCUT2D eigenvalue weighted by Crippen LogP contribution is 2.43. The van der Waals surface area contributed by atoms with Crippen molar-refractivity contribution in [1.82, 2.24) is 0 Å². The lowest BCUT2D eigenvalue weighted by atomic mass is 9.59. The van der Waals surface area contributed by atoms with Gasteiger partial charge < -0.3 is 10.8 Å². The van der Waals surface area contributed by atoms with E-state index < -0.39 is 16.9 Å². The van der Waals surface area contributed by atoms with Gasteiger partial charge in [-0.2, -0.15) is 0 Å². The molecule has 1 aromatic rings. The zero-order chi connectivity index (χ0) is 14.0. The van der Waals surface area contributed by atoms with Crippen molar-refractivity contribution in [1.29, 1.82) is 0 Å². The molecule has 3 heteroatoms. The van der Waals surface area contributed by atoms with E-state index in [9.17, 15) is 9.90 Å². The van der Waals surface area contributed by atoms with E-state index in [-0.39, 0.29) is 12.3 Å². The van der Waals surface area contributed by atoms with Crippen LogP contribution in [0, 0.1) is 5.92 Å². The zero-order valence-electron chi connectivity index (χ0n) is 11.6. The standard InChI is InChI=1S/C15H23NO2/c1-11(2)15(10-13(17)18,14(3,4)16)12-8-6-5-7-9-12/h5-9,11H,10,16H2,1-4H3,(H,17,18). The third-order valence-corrected chi connectivity index (χ3v) is 3.85. The van der Waals surface area contributed by atoms with E-state index in [1.165, 1.54) is 0 Å². The average Bonchev–Trinajstić information content (AvgIpc) is 2.24. The van der Waals surface area contributed by atoms with Crippen molar-refractivity contribution in [3.8, 4) is 0 Å². The average molecular weight is 249 g/mol. The highest BCUT2D eigenvalue weighted by Gasteiger charge is 2.47. The molecule has 1 atom stereocenters. The van der Waals surface area contributed by atoms with E-state index in [0.29, 0.717) is 0 Å². The first-order valence-corrected chi connectivity index (χ1v) is 6.28. The van der Waals surface area contributed by atoms with Crippen molar-refractivity contribution in [3.63, 3.8) is 0 Å². The molecule has 0 saturated heterocycles. The third kappa shape index (κ3) is 2.56. The second kappa shape index (κ2) is 5.11. The van der Waals surface area contributed by atoms with Crippen LogP contribution in [0.5, 0.6) is 0 Å². The molecule has 3 N–H and O–H groups in total. The Labute approximate surface area is 109 Å². The van der Waals surface area contributed by atoms with E-state index in [2.05, 4.69) is 0 Å². The molecular weight excluding hydrogens is 226 g/mol. The lowest BCUT2D eigenvalue weighted by molar-refractivity contribution is -0.140. The summed E-state index contributed by atoms with van der Waals surface area (Å²) in [5.41, 5.74) is 6.15. The number of carbonyl (C=O) groups is 1. The van der Waals surface area contributed by atoms with Gasteiger partial charge in [-0.1, -0.05) is 44.2 Å². The minimum Gasteiger partial charge on any atom is -0.481 e. The normalized spacial score (nSPS) is 15.4. The van der Waals surface area contributed by atoms with E-state index >= 15 is 0 Å². The number of carboxylic acids is 1. The van der Waals surface area contributed by atoms with E-state index in [0.717, 1.165) is 5.56 Å². The molecule has 1 aromatic carbocycles.